The Hall–Kier alpha value is -3.25. The first-order chi connectivity index (χ1) is 14.3. The minimum absolute atomic E-state index is 0.0223. The number of benzene rings is 1. The minimum Gasteiger partial charge on any atom is -0.497 e. The molecular formula is C18H19N5O6S. The number of aromatic nitrogens is 3. The normalized spacial score (nSPS) is 22.3. The van der Waals surface area contributed by atoms with Crippen molar-refractivity contribution in [1.29, 1.82) is 0 Å². The van der Waals surface area contributed by atoms with Crippen LogP contribution in [0.3, 0.4) is 0 Å². The lowest BCUT2D eigenvalue weighted by Crippen LogP contribution is -2.73. The van der Waals surface area contributed by atoms with E-state index in [4.69, 9.17) is 15.2 Å². The van der Waals surface area contributed by atoms with E-state index < -0.39 is 38.9 Å². The molecule has 12 heteroatoms. The molecule has 2 aliphatic rings. The van der Waals surface area contributed by atoms with Gasteiger partial charge in [-0.25, -0.2) is 13.2 Å². The van der Waals surface area contributed by atoms with Crippen LogP contribution in [0.1, 0.15) is 11.3 Å². The van der Waals surface area contributed by atoms with E-state index in [0.29, 0.717) is 17.0 Å². The van der Waals surface area contributed by atoms with E-state index in [0.717, 1.165) is 4.90 Å². The number of carbonyl (C=O) groups is 2. The predicted octanol–water partition coefficient (Wildman–Crippen LogP) is -0.723. The molecular weight excluding hydrogens is 414 g/mol. The first-order valence-electron chi connectivity index (χ1n) is 8.99. The minimum atomic E-state index is -3.76. The molecule has 0 saturated carbocycles. The van der Waals surface area contributed by atoms with Crippen LogP contribution in [0.2, 0.25) is 0 Å². The second-order valence-electron chi connectivity index (χ2n) is 6.95. The zero-order chi connectivity index (χ0) is 21.5. The molecule has 0 bridgehead atoms. The van der Waals surface area contributed by atoms with Gasteiger partial charge in [-0.3, -0.25) is 9.69 Å². The number of hydrogen-bond donors (Lipinski definition) is 2. The Labute approximate surface area is 171 Å². The van der Waals surface area contributed by atoms with Gasteiger partial charge in [-0.05, 0) is 23.3 Å². The Morgan fingerprint density at radius 2 is 2.07 bits per heavy atom. The fraction of sp³-hybridized carbons (Fsp3) is 0.333. The van der Waals surface area contributed by atoms with Crippen molar-refractivity contribution in [3.63, 3.8) is 0 Å². The number of carbonyl (C=O) groups excluding carboxylic acids is 2. The molecule has 158 valence electrons. The number of esters is 1. The number of nitrogens with one attached hydrogen (secondary N) is 1. The number of ether oxygens (including phenoxy) is 2. The summed E-state index contributed by atoms with van der Waals surface area (Å²) in [7, 11) is -2.22. The standard InChI is InChI=1S/C18H19N5O6S/c1-28-13-4-2-10(3-5-13)8-29-18(25)15-11(6-12-7-20-22-21-12)9-30(26,27)17-14(19)16(24)23(15)17/h2-5,7,14,17H,6,8-9,19H2,1H3,(H,20,21,22)/t14-,17-/m1/s1. The van der Waals surface area contributed by atoms with Crippen LogP contribution in [0.15, 0.2) is 41.7 Å². The smallest absolute Gasteiger partial charge is 0.355 e. The summed E-state index contributed by atoms with van der Waals surface area (Å²) in [5.74, 6) is -1.21. The van der Waals surface area contributed by atoms with Crippen molar-refractivity contribution in [1.82, 2.24) is 20.3 Å². The molecule has 30 heavy (non-hydrogen) atoms. The van der Waals surface area contributed by atoms with Crippen molar-refractivity contribution in [2.24, 2.45) is 5.73 Å². The largest absolute Gasteiger partial charge is 0.497 e. The molecule has 11 nitrogen and oxygen atoms in total. The summed E-state index contributed by atoms with van der Waals surface area (Å²) in [6, 6.07) is 5.71. The highest BCUT2D eigenvalue weighted by Crippen LogP contribution is 2.37. The molecule has 1 saturated heterocycles. The van der Waals surface area contributed by atoms with Gasteiger partial charge < -0.3 is 15.2 Å². The van der Waals surface area contributed by atoms with Crippen LogP contribution < -0.4 is 10.5 Å². The van der Waals surface area contributed by atoms with Crippen molar-refractivity contribution < 1.29 is 27.5 Å². The molecule has 2 atom stereocenters. The molecule has 0 radical (unpaired) electrons. The highest BCUT2D eigenvalue weighted by Gasteiger charge is 2.58. The molecule has 2 aromatic rings. The van der Waals surface area contributed by atoms with Gasteiger partial charge in [0.05, 0.1) is 24.8 Å². The number of amides is 1. The zero-order valence-corrected chi connectivity index (χ0v) is 16.8. The molecule has 1 aromatic carbocycles. The molecule has 2 aliphatic heterocycles. The lowest BCUT2D eigenvalue weighted by Gasteiger charge is -2.47. The number of hydrogen-bond acceptors (Lipinski definition) is 9. The van der Waals surface area contributed by atoms with E-state index in [1.54, 1.807) is 31.4 Å². The first kappa shape index (κ1) is 20.0. The van der Waals surface area contributed by atoms with Crippen molar-refractivity contribution in [2.75, 3.05) is 12.9 Å². The lowest BCUT2D eigenvalue weighted by atomic mass is 10.0. The number of aromatic amines is 1. The van der Waals surface area contributed by atoms with E-state index in [2.05, 4.69) is 15.4 Å². The SMILES string of the molecule is COc1ccc(COC(=O)C2=C(Cc3cn[nH]n3)CS(=O)(=O)[C@@H]3[C@H](N)C(=O)N23)cc1. The maximum atomic E-state index is 12.9. The fourth-order valence-electron chi connectivity index (χ4n) is 3.52. The maximum absolute atomic E-state index is 12.9. The molecule has 0 spiro atoms. The monoisotopic (exact) mass is 433 g/mol. The number of rotatable bonds is 6. The highest BCUT2D eigenvalue weighted by atomic mass is 32.2. The summed E-state index contributed by atoms with van der Waals surface area (Å²) >= 11 is 0. The van der Waals surface area contributed by atoms with E-state index in [-0.39, 0.29) is 24.3 Å². The summed E-state index contributed by atoms with van der Waals surface area (Å²) in [4.78, 5) is 26.2. The fourth-order valence-corrected chi connectivity index (χ4v) is 5.51. The van der Waals surface area contributed by atoms with Gasteiger partial charge in [0.2, 0.25) is 5.91 Å². The van der Waals surface area contributed by atoms with Crippen LogP contribution in [0.25, 0.3) is 0 Å². The summed E-state index contributed by atoms with van der Waals surface area (Å²) in [6.45, 7) is -0.0604. The maximum Gasteiger partial charge on any atom is 0.355 e. The number of nitrogens with zero attached hydrogens (tertiary/aromatic N) is 3. The molecule has 4 rings (SSSR count). The van der Waals surface area contributed by atoms with E-state index in [9.17, 15) is 18.0 Å². The van der Waals surface area contributed by atoms with Crippen molar-refractivity contribution >= 4 is 21.7 Å². The van der Waals surface area contributed by atoms with Gasteiger partial charge in [0.15, 0.2) is 15.2 Å². The Kier molecular flexibility index (Phi) is 5.03. The van der Waals surface area contributed by atoms with Gasteiger partial charge in [-0.1, -0.05) is 12.1 Å². The summed E-state index contributed by atoms with van der Waals surface area (Å²) < 4.78 is 35.7. The molecule has 1 amide bonds. The lowest BCUT2D eigenvalue weighted by molar-refractivity contribution is -0.151. The molecule has 3 N–H and O–H groups in total. The third-order valence-corrected chi connectivity index (χ3v) is 6.98. The molecule has 0 aliphatic carbocycles. The second kappa shape index (κ2) is 7.54. The number of H-pyrrole nitrogens is 1. The third kappa shape index (κ3) is 3.44. The summed E-state index contributed by atoms with van der Waals surface area (Å²) in [5, 5.41) is 8.75. The number of nitrogens with two attached hydrogens (primary N) is 1. The van der Waals surface area contributed by atoms with Gasteiger partial charge in [0.25, 0.3) is 0 Å². The van der Waals surface area contributed by atoms with Crippen LogP contribution in [0, 0.1) is 0 Å². The topological polar surface area (TPSA) is 158 Å². The van der Waals surface area contributed by atoms with Crippen LogP contribution in [0.4, 0.5) is 0 Å². The predicted molar refractivity (Wildman–Crippen MR) is 102 cm³/mol. The molecule has 0 unspecified atom stereocenters. The van der Waals surface area contributed by atoms with Crippen LogP contribution in [0.5, 0.6) is 5.75 Å². The Bertz CT molecular complexity index is 1110. The quantitative estimate of drug-likeness (QED) is 0.443. The summed E-state index contributed by atoms with van der Waals surface area (Å²) in [5.41, 5.74) is 6.94. The second-order valence-corrected chi connectivity index (χ2v) is 9.04. The Morgan fingerprint density at radius 1 is 1.33 bits per heavy atom. The highest BCUT2D eigenvalue weighted by molar-refractivity contribution is 7.92. The van der Waals surface area contributed by atoms with Crippen molar-refractivity contribution in [3.05, 3.63) is 53.0 Å². The van der Waals surface area contributed by atoms with Crippen LogP contribution in [-0.2, 0) is 37.2 Å². The number of β-lactam (4-membered cyclic amide) rings is 1. The molecule has 1 fully saturated rings. The molecule has 3 heterocycles. The van der Waals surface area contributed by atoms with E-state index in [1.165, 1.54) is 6.20 Å². The van der Waals surface area contributed by atoms with Gasteiger partial charge in [-0.2, -0.15) is 15.4 Å². The van der Waals surface area contributed by atoms with Crippen LogP contribution in [-0.4, -0.2) is 64.9 Å². The Balaban J connectivity index is 1.63. The van der Waals surface area contributed by atoms with E-state index in [1.807, 2.05) is 0 Å². The zero-order valence-electron chi connectivity index (χ0n) is 15.9. The number of sulfone groups is 1. The third-order valence-electron chi connectivity index (χ3n) is 4.99. The van der Waals surface area contributed by atoms with Gasteiger partial charge >= 0.3 is 5.97 Å². The van der Waals surface area contributed by atoms with Crippen LogP contribution >= 0.6 is 0 Å². The van der Waals surface area contributed by atoms with Gasteiger partial charge in [0.1, 0.15) is 24.1 Å². The average molecular weight is 433 g/mol. The van der Waals surface area contributed by atoms with Crippen molar-refractivity contribution in [3.8, 4) is 5.75 Å². The average Bonchev–Trinajstić information content (AvgIpc) is 3.24. The number of methoxy groups -OCH3 is 1. The van der Waals surface area contributed by atoms with Gasteiger partial charge in [-0.15, -0.1) is 0 Å². The summed E-state index contributed by atoms with van der Waals surface area (Å²) in [6.07, 6.45) is 1.43. The Morgan fingerprint density at radius 3 is 2.70 bits per heavy atom. The van der Waals surface area contributed by atoms with Gasteiger partial charge in [0, 0.05) is 6.42 Å². The first-order valence-corrected chi connectivity index (χ1v) is 10.7. The van der Waals surface area contributed by atoms with E-state index >= 15 is 0 Å². The molecule has 1 aromatic heterocycles. The van der Waals surface area contributed by atoms with Crippen molar-refractivity contribution in [2.45, 2.75) is 24.4 Å². The number of fused-ring (bicyclic) bond motifs is 1.